The highest BCUT2D eigenvalue weighted by Gasteiger charge is 2.34. The van der Waals surface area contributed by atoms with Crippen molar-refractivity contribution in [3.63, 3.8) is 0 Å². The van der Waals surface area contributed by atoms with Crippen LogP contribution in [0.4, 0.5) is 15.8 Å². The molecule has 0 aromatic heterocycles. The second-order valence-corrected chi connectivity index (χ2v) is 4.45. The van der Waals surface area contributed by atoms with E-state index in [1.807, 2.05) is 0 Å². The summed E-state index contributed by atoms with van der Waals surface area (Å²) < 4.78 is 18.9. The van der Waals surface area contributed by atoms with Gasteiger partial charge in [0.15, 0.2) is 0 Å². The molecule has 2 N–H and O–H groups in total. The average Bonchev–Trinajstić information content (AvgIpc) is 2.49. The van der Waals surface area contributed by atoms with Gasteiger partial charge in [0, 0.05) is 0 Å². The Morgan fingerprint density at radius 1 is 1.14 bits per heavy atom. The Kier molecular flexibility index (Phi) is 3.27. The number of hydrogen-bond acceptors (Lipinski definition) is 3. The third-order valence-electron chi connectivity index (χ3n) is 3.00. The van der Waals surface area contributed by atoms with E-state index in [-0.39, 0.29) is 5.69 Å². The SMILES string of the molecule is O=C(Nc1ccccc1F)C1Oc2ccccc2NC1=O. The largest absolute Gasteiger partial charge is 0.468 e. The molecule has 21 heavy (non-hydrogen) atoms. The molecule has 0 bridgehead atoms. The van der Waals surface area contributed by atoms with Crippen LogP contribution in [0.2, 0.25) is 0 Å². The topological polar surface area (TPSA) is 67.4 Å². The molecule has 1 atom stereocenters. The number of ether oxygens (including phenoxy) is 1. The predicted octanol–water partition coefficient (Wildman–Crippen LogP) is 2.16. The van der Waals surface area contributed by atoms with Gasteiger partial charge < -0.3 is 15.4 Å². The molecule has 0 aliphatic carbocycles. The van der Waals surface area contributed by atoms with Crippen LogP contribution in [0.3, 0.4) is 0 Å². The maximum atomic E-state index is 13.5. The quantitative estimate of drug-likeness (QED) is 0.831. The molecule has 0 spiro atoms. The van der Waals surface area contributed by atoms with Gasteiger partial charge in [-0.25, -0.2) is 4.39 Å². The predicted molar refractivity (Wildman–Crippen MR) is 74.5 cm³/mol. The fourth-order valence-electron chi connectivity index (χ4n) is 1.98. The second-order valence-electron chi connectivity index (χ2n) is 4.45. The van der Waals surface area contributed by atoms with Gasteiger partial charge in [-0.15, -0.1) is 0 Å². The van der Waals surface area contributed by atoms with E-state index in [1.54, 1.807) is 30.3 Å². The average molecular weight is 286 g/mol. The fourth-order valence-corrected chi connectivity index (χ4v) is 1.98. The van der Waals surface area contributed by atoms with E-state index in [1.165, 1.54) is 18.2 Å². The van der Waals surface area contributed by atoms with Crippen LogP contribution >= 0.6 is 0 Å². The van der Waals surface area contributed by atoms with Gasteiger partial charge in [-0.3, -0.25) is 9.59 Å². The van der Waals surface area contributed by atoms with Gasteiger partial charge in [0.25, 0.3) is 17.9 Å². The summed E-state index contributed by atoms with van der Waals surface area (Å²) in [5, 5.41) is 4.91. The van der Waals surface area contributed by atoms with Crippen molar-refractivity contribution in [2.75, 3.05) is 10.6 Å². The molecule has 0 saturated carbocycles. The molecule has 106 valence electrons. The summed E-state index contributed by atoms with van der Waals surface area (Å²) in [6, 6.07) is 12.5. The van der Waals surface area contributed by atoms with E-state index >= 15 is 0 Å². The van der Waals surface area contributed by atoms with Gasteiger partial charge in [-0.1, -0.05) is 24.3 Å². The molecular weight excluding hydrogens is 275 g/mol. The molecule has 0 radical (unpaired) electrons. The number of halogens is 1. The highest BCUT2D eigenvalue weighted by molar-refractivity contribution is 6.15. The lowest BCUT2D eigenvalue weighted by Crippen LogP contribution is -2.45. The number of fused-ring (bicyclic) bond motifs is 1. The van der Waals surface area contributed by atoms with Crippen molar-refractivity contribution in [3.05, 3.63) is 54.3 Å². The van der Waals surface area contributed by atoms with Crippen molar-refractivity contribution >= 4 is 23.2 Å². The van der Waals surface area contributed by atoms with Gasteiger partial charge in [0.1, 0.15) is 11.6 Å². The molecule has 1 heterocycles. The highest BCUT2D eigenvalue weighted by atomic mass is 19.1. The van der Waals surface area contributed by atoms with Crippen LogP contribution in [-0.2, 0) is 9.59 Å². The van der Waals surface area contributed by atoms with Crippen molar-refractivity contribution in [1.82, 2.24) is 0 Å². The molecule has 2 amide bonds. The van der Waals surface area contributed by atoms with E-state index in [0.717, 1.165) is 0 Å². The monoisotopic (exact) mass is 286 g/mol. The summed E-state index contributed by atoms with van der Waals surface area (Å²) in [6.45, 7) is 0. The van der Waals surface area contributed by atoms with Crippen LogP contribution < -0.4 is 15.4 Å². The van der Waals surface area contributed by atoms with Crippen LogP contribution in [0.1, 0.15) is 0 Å². The summed E-state index contributed by atoms with van der Waals surface area (Å²) in [6.07, 6.45) is -1.36. The summed E-state index contributed by atoms with van der Waals surface area (Å²) in [5.74, 6) is -1.51. The minimum Gasteiger partial charge on any atom is -0.468 e. The molecule has 0 fully saturated rings. The van der Waals surface area contributed by atoms with Crippen LogP contribution in [0, 0.1) is 5.82 Å². The van der Waals surface area contributed by atoms with E-state index in [2.05, 4.69) is 10.6 Å². The summed E-state index contributed by atoms with van der Waals surface area (Å²) in [4.78, 5) is 24.0. The minimum atomic E-state index is -1.36. The maximum absolute atomic E-state index is 13.5. The number of carbonyl (C=O) groups excluding carboxylic acids is 2. The number of amides is 2. The lowest BCUT2D eigenvalue weighted by Gasteiger charge is -2.24. The van der Waals surface area contributed by atoms with Gasteiger partial charge in [-0.2, -0.15) is 0 Å². The number of carbonyl (C=O) groups is 2. The van der Waals surface area contributed by atoms with E-state index in [4.69, 9.17) is 4.74 Å². The first-order valence-electron chi connectivity index (χ1n) is 6.27. The van der Waals surface area contributed by atoms with Crippen LogP contribution in [0.5, 0.6) is 5.75 Å². The van der Waals surface area contributed by atoms with Gasteiger partial charge in [0.05, 0.1) is 11.4 Å². The number of para-hydroxylation sites is 3. The lowest BCUT2D eigenvalue weighted by atomic mass is 10.2. The van der Waals surface area contributed by atoms with E-state index in [9.17, 15) is 14.0 Å². The highest BCUT2D eigenvalue weighted by Crippen LogP contribution is 2.29. The van der Waals surface area contributed by atoms with Gasteiger partial charge >= 0.3 is 0 Å². The number of anilines is 2. The zero-order chi connectivity index (χ0) is 14.8. The van der Waals surface area contributed by atoms with Crippen molar-refractivity contribution in [2.45, 2.75) is 6.10 Å². The first-order chi connectivity index (χ1) is 10.1. The Bertz CT molecular complexity index is 718. The molecule has 3 rings (SSSR count). The van der Waals surface area contributed by atoms with E-state index in [0.29, 0.717) is 11.4 Å². The van der Waals surface area contributed by atoms with Crippen molar-refractivity contribution in [2.24, 2.45) is 0 Å². The Balaban J connectivity index is 1.80. The summed E-state index contributed by atoms with van der Waals surface area (Å²) >= 11 is 0. The van der Waals surface area contributed by atoms with Crippen molar-refractivity contribution < 1.29 is 18.7 Å². The molecular formula is C15H11FN2O3. The maximum Gasteiger partial charge on any atom is 0.275 e. The molecule has 5 nitrogen and oxygen atoms in total. The van der Waals surface area contributed by atoms with Crippen molar-refractivity contribution in [1.29, 1.82) is 0 Å². The number of nitrogens with one attached hydrogen (secondary N) is 2. The number of benzene rings is 2. The second kappa shape index (κ2) is 5.24. The molecule has 1 aliphatic rings. The van der Waals surface area contributed by atoms with Crippen LogP contribution in [0.15, 0.2) is 48.5 Å². The van der Waals surface area contributed by atoms with E-state index < -0.39 is 23.7 Å². The molecule has 0 saturated heterocycles. The molecule has 2 aromatic carbocycles. The summed E-state index contributed by atoms with van der Waals surface area (Å²) in [5.41, 5.74) is 0.496. The Morgan fingerprint density at radius 2 is 1.86 bits per heavy atom. The Hall–Kier alpha value is -2.89. The lowest BCUT2D eigenvalue weighted by molar-refractivity contribution is -0.133. The van der Waals surface area contributed by atoms with Gasteiger partial charge in [0.2, 0.25) is 0 Å². The molecule has 6 heteroatoms. The normalized spacial score (nSPS) is 16.4. The summed E-state index contributed by atoms with van der Waals surface area (Å²) in [7, 11) is 0. The Labute approximate surface area is 119 Å². The zero-order valence-corrected chi connectivity index (χ0v) is 10.8. The van der Waals surface area contributed by atoms with Crippen LogP contribution in [0.25, 0.3) is 0 Å². The third kappa shape index (κ3) is 2.55. The number of rotatable bonds is 2. The third-order valence-corrected chi connectivity index (χ3v) is 3.00. The first-order valence-corrected chi connectivity index (χ1v) is 6.27. The molecule has 1 aliphatic heterocycles. The smallest absolute Gasteiger partial charge is 0.275 e. The number of hydrogen-bond donors (Lipinski definition) is 2. The first kappa shape index (κ1) is 13.1. The minimum absolute atomic E-state index is 0.00208. The van der Waals surface area contributed by atoms with Crippen LogP contribution in [-0.4, -0.2) is 17.9 Å². The van der Waals surface area contributed by atoms with Crippen molar-refractivity contribution in [3.8, 4) is 5.75 Å². The fraction of sp³-hybridized carbons (Fsp3) is 0.0667. The van der Waals surface area contributed by atoms with Gasteiger partial charge in [-0.05, 0) is 24.3 Å². The standard InChI is InChI=1S/C15H11FN2O3/c16-9-5-1-2-6-10(9)17-14(19)13-15(20)18-11-7-3-4-8-12(11)21-13/h1-8,13H,(H,17,19)(H,18,20). The molecule has 1 unspecified atom stereocenters. The Morgan fingerprint density at radius 3 is 2.67 bits per heavy atom. The molecule has 2 aromatic rings. The zero-order valence-electron chi connectivity index (χ0n) is 10.8.